The predicted molar refractivity (Wildman–Crippen MR) is 84.0 cm³/mol. The second-order valence-electron chi connectivity index (χ2n) is 6.99. The third-order valence-electron chi connectivity index (χ3n) is 5.22. The lowest BCUT2D eigenvalue weighted by molar-refractivity contribution is 0.00918. The summed E-state index contributed by atoms with van der Waals surface area (Å²) in [6.07, 6.45) is 5.17. The van der Waals surface area contributed by atoms with Crippen molar-refractivity contribution in [3.05, 3.63) is 0 Å². The molecular weight excluding hydrogens is 250 g/mol. The maximum absolute atomic E-state index is 9.61. The van der Waals surface area contributed by atoms with Gasteiger partial charge < -0.3 is 10.4 Å². The van der Waals surface area contributed by atoms with Crippen molar-refractivity contribution in [2.45, 2.75) is 64.1 Å². The molecule has 0 radical (unpaired) electrons. The fraction of sp³-hybridized carbons (Fsp3) is 1.00. The lowest BCUT2D eigenvalue weighted by Crippen LogP contribution is -2.59. The smallest absolute Gasteiger partial charge is 0.0611 e. The van der Waals surface area contributed by atoms with E-state index < -0.39 is 0 Å². The Morgan fingerprint density at radius 3 is 2.80 bits per heavy atom. The molecule has 0 bridgehead atoms. The van der Waals surface area contributed by atoms with Crippen molar-refractivity contribution in [3.8, 4) is 0 Å². The Labute approximate surface area is 124 Å². The fourth-order valence-corrected chi connectivity index (χ4v) is 3.76. The van der Waals surface area contributed by atoms with Gasteiger partial charge in [-0.15, -0.1) is 0 Å². The van der Waals surface area contributed by atoms with Crippen LogP contribution in [0.2, 0.25) is 0 Å². The Kier molecular flexibility index (Phi) is 5.84. The largest absolute Gasteiger partial charge is 0.394 e. The van der Waals surface area contributed by atoms with Crippen molar-refractivity contribution < 1.29 is 5.11 Å². The summed E-state index contributed by atoms with van der Waals surface area (Å²) in [5, 5.41) is 13.0. The lowest BCUT2D eigenvalue weighted by Gasteiger charge is -2.48. The zero-order chi connectivity index (χ0) is 14.6. The van der Waals surface area contributed by atoms with Gasteiger partial charge in [-0.2, -0.15) is 0 Å². The molecule has 0 aromatic carbocycles. The summed E-state index contributed by atoms with van der Waals surface area (Å²) < 4.78 is 0. The van der Waals surface area contributed by atoms with Crippen LogP contribution in [-0.2, 0) is 0 Å². The van der Waals surface area contributed by atoms with E-state index in [-0.39, 0.29) is 12.1 Å². The van der Waals surface area contributed by atoms with Gasteiger partial charge in [0.05, 0.1) is 6.61 Å². The van der Waals surface area contributed by atoms with Crippen LogP contribution in [0.4, 0.5) is 0 Å². The summed E-state index contributed by atoms with van der Waals surface area (Å²) in [6, 6.07) is 1.42. The SMILES string of the molecule is CCNC(C)(CO)CCN1CC2CCCCN2CC1C. The van der Waals surface area contributed by atoms with Gasteiger partial charge >= 0.3 is 0 Å². The highest BCUT2D eigenvalue weighted by molar-refractivity contribution is 4.91. The number of nitrogens with zero attached hydrogens (tertiary/aromatic N) is 2. The molecule has 0 amide bonds. The summed E-state index contributed by atoms with van der Waals surface area (Å²) in [5.41, 5.74) is -0.127. The van der Waals surface area contributed by atoms with E-state index in [0.29, 0.717) is 6.04 Å². The number of nitrogens with one attached hydrogen (secondary N) is 1. The van der Waals surface area contributed by atoms with Gasteiger partial charge in [-0.05, 0) is 46.2 Å². The van der Waals surface area contributed by atoms with Crippen molar-refractivity contribution in [2.75, 3.05) is 39.3 Å². The van der Waals surface area contributed by atoms with Crippen LogP contribution >= 0.6 is 0 Å². The van der Waals surface area contributed by atoms with E-state index in [1.165, 1.54) is 38.9 Å². The quantitative estimate of drug-likeness (QED) is 0.771. The molecule has 0 aliphatic carbocycles. The molecule has 118 valence electrons. The van der Waals surface area contributed by atoms with Gasteiger partial charge in [0.2, 0.25) is 0 Å². The monoisotopic (exact) mass is 283 g/mol. The highest BCUT2D eigenvalue weighted by Crippen LogP contribution is 2.24. The number of aliphatic hydroxyl groups is 1. The van der Waals surface area contributed by atoms with Gasteiger partial charge in [0, 0.05) is 37.3 Å². The van der Waals surface area contributed by atoms with Crippen molar-refractivity contribution in [1.82, 2.24) is 15.1 Å². The van der Waals surface area contributed by atoms with Crippen LogP contribution in [-0.4, -0.2) is 71.9 Å². The van der Waals surface area contributed by atoms with E-state index in [9.17, 15) is 5.11 Å². The zero-order valence-corrected chi connectivity index (χ0v) is 13.6. The van der Waals surface area contributed by atoms with Gasteiger partial charge in [0.25, 0.3) is 0 Å². The maximum atomic E-state index is 9.61. The highest BCUT2D eigenvalue weighted by Gasteiger charge is 2.33. The topological polar surface area (TPSA) is 38.7 Å². The molecule has 2 aliphatic heterocycles. The summed E-state index contributed by atoms with van der Waals surface area (Å²) in [4.78, 5) is 5.33. The van der Waals surface area contributed by atoms with Crippen LogP contribution in [0, 0.1) is 0 Å². The van der Waals surface area contributed by atoms with Gasteiger partial charge in [0.15, 0.2) is 0 Å². The standard InChI is InChI=1S/C16H33N3O/c1-4-17-16(3,13-20)8-10-18-12-15-7-5-6-9-19(15)11-14(18)2/h14-15,17,20H,4-13H2,1-3H3. The highest BCUT2D eigenvalue weighted by atomic mass is 16.3. The molecule has 2 fully saturated rings. The van der Waals surface area contributed by atoms with Crippen LogP contribution in [0.1, 0.15) is 46.5 Å². The Hall–Kier alpha value is -0.160. The number of fused-ring (bicyclic) bond motifs is 1. The Morgan fingerprint density at radius 2 is 2.10 bits per heavy atom. The van der Waals surface area contributed by atoms with E-state index in [2.05, 4.69) is 35.9 Å². The molecule has 0 aromatic heterocycles. The van der Waals surface area contributed by atoms with Crippen molar-refractivity contribution >= 4 is 0 Å². The van der Waals surface area contributed by atoms with Crippen molar-refractivity contribution in [1.29, 1.82) is 0 Å². The molecule has 2 saturated heterocycles. The zero-order valence-electron chi connectivity index (χ0n) is 13.6. The van der Waals surface area contributed by atoms with Crippen LogP contribution in [0.15, 0.2) is 0 Å². The van der Waals surface area contributed by atoms with E-state index in [0.717, 1.165) is 25.6 Å². The summed E-state index contributed by atoms with van der Waals surface area (Å²) in [5.74, 6) is 0. The minimum absolute atomic E-state index is 0.127. The Morgan fingerprint density at radius 1 is 1.30 bits per heavy atom. The summed E-state index contributed by atoms with van der Waals surface area (Å²) in [6.45, 7) is 12.6. The van der Waals surface area contributed by atoms with Gasteiger partial charge in [-0.3, -0.25) is 9.80 Å². The second-order valence-corrected chi connectivity index (χ2v) is 6.99. The van der Waals surface area contributed by atoms with Crippen molar-refractivity contribution in [3.63, 3.8) is 0 Å². The van der Waals surface area contributed by atoms with Crippen LogP contribution in [0.3, 0.4) is 0 Å². The van der Waals surface area contributed by atoms with Crippen molar-refractivity contribution in [2.24, 2.45) is 0 Å². The molecule has 3 unspecified atom stereocenters. The maximum Gasteiger partial charge on any atom is 0.0611 e. The molecule has 4 nitrogen and oxygen atoms in total. The molecule has 2 N–H and O–H groups in total. The number of hydrogen-bond acceptors (Lipinski definition) is 4. The van der Waals surface area contributed by atoms with Crippen LogP contribution in [0.5, 0.6) is 0 Å². The number of piperazine rings is 1. The number of likely N-dealkylation sites (N-methyl/N-ethyl adjacent to an activating group) is 1. The first-order chi connectivity index (χ1) is 9.58. The molecule has 0 spiro atoms. The predicted octanol–water partition coefficient (Wildman–Crippen LogP) is 1.30. The number of rotatable bonds is 6. The molecule has 0 saturated carbocycles. The minimum atomic E-state index is -0.127. The number of piperidine rings is 1. The molecule has 3 atom stereocenters. The van der Waals surface area contributed by atoms with E-state index >= 15 is 0 Å². The lowest BCUT2D eigenvalue weighted by atomic mass is 9.94. The molecule has 20 heavy (non-hydrogen) atoms. The van der Waals surface area contributed by atoms with E-state index in [1.807, 2.05) is 0 Å². The summed E-state index contributed by atoms with van der Waals surface area (Å²) >= 11 is 0. The first-order valence-electron chi connectivity index (χ1n) is 8.42. The van der Waals surface area contributed by atoms with Gasteiger partial charge in [-0.25, -0.2) is 0 Å². The molecule has 4 heteroatoms. The van der Waals surface area contributed by atoms with Crippen LogP contribution < -0.4 is 5.32 Å². The molecule has 0 aromatic rings. The third kappa shape index (κ3) is 3.94. The minimum Gasteiger partial charge on any atom is -0.394 e. The number of hydrogen-bond donors (Lipinski definition) is 2. The molecule has 2 heterocycles. The average Bonchev–Trinajstić information content (AvgIpc) is 2.45. The fourth-order valence-electron chi connectivity index (χ4n) is 3.76. The van der Waals surface area contributed by atoms with E-state index in [4.69, 9.17) is 0 Å². The van der Waals surface area contributed by atoms with Gasteiger partial charge in [-0.1, -0.05) is 13.3 Å². The molecule has 2 aliphatic rings. The van der Waals surface area contributed by atoms with E-state index in [1.54, 1.807) is 0 Å². The first kappa shape index (κ1) is 16.2. The average molecular weight is 283 g/mol. The second kappa shape index (κ2) is 7.21. The van der Waals surface area contributed by atoms with Crippen LogP contribution in [0.25, 0.3) is 0 Å². The third-order valence-corrected chi connectivity index (χ3v) is 5.22. The first-order valence-corrected chi connectivity index (χ1v) is 8.42. The molecule has 2 rings (SSSR count). The number of aliphatic hydroxyl groups excluding tert-OH is 1. The Balaban J connectivity index is 1.85. The van der Waals surface area contributed by atoms with Gasteiger partial charge in [0.1, 0.15) is 0 Å². The Bertz CT molecular complexity index is 299. The molecular formula is C16H33N3O. The summed E-state index contributed by atoms with van der Waals surface area (Å²) in [7, 11) is 0. The normalized spacial score (nSPS) is 31.8.